The summed E-state index contributed by atoms with van der Waals surface area (Å²) < 4.78 is 33.0. The number of carbonyl (C=O) groups excluding carboxylic acids is 1. The molecule has 3 aromatic rings. The number of ketones is 1. The largest absolute Gasteiger partial charge is 0.367 e. The molecule has 1 saturated carbocycles. The average molecular weight is 550 g/mol. The van der Waals surface area contributed by atoms with E-state index in [0.717, 1.165) is 45.3 Å². The van der Waals surface area contributed by atoms with E-state index in [-0.39, 0.29) is 30.5 Å². The van der Waals surface area contributed by atoms with Gasteiger partial charge in [0.25, 0.3) is 0 Å². The summed E-state index contributed by atoms with van der Waals surface area (Å²) in [6.07, 6.45) is 5.80. The van der Waals surface area contributed by atoms with Crippen LogP contribution in [0.15, 0.2) is 18.6 Å². The van der Waals surface area contributed by atoms with E-state index in [4.69, 9.17) is 14.1 Å². The van der Waals surface area contributed by atoms with Gasteiger partial charge in [-0.15, -0.1) is 22.7 Å². The van der Waals surface area contributed by atoms with Gasteiger partial charge >= 0.3 is 10.3 Å². The highest BCUT2D eigenvalue weighted by Crippen LogP contribution is 2.41. The van der Waals surface area contributed by atoms with Gasteiger partial charge in [0.2, 0.25) is 5.78 Å². The summed E-state index contributed by atoms with van der Waals surface area (Å²) in [7, 11) is -3.96. The van der Waals surface area contributed by atoms with Crippen LogP contribution in [0.2, 0.25) is 0 Å². The number of fused-ring (bicyclic) bond motifs is 1. The fourth-order valence-electron chi connectivity index (χ4n) is 4.80. The Hall–Kier alpha value is -2.29. The molecule has 0 radical (unpaired) electrons. The van der Waals surface area contributed by atoms with Crippen LogP contribution in [0.3, 0.4) is 0 Å². The molecule has 3 N–H and O–H groups in total. The molecule has 0 spiro atoms. The molecule has 2 aliphatic rings. The van der Waals surface area contributed by atoms with E-state index in [1.807, 2.05) is 19.9 Å². The fourth-order valence-corrected chi connectivity index (χ4v) is 7.23. The lowest BCUT2D eigenvalue weighted by atomic mass is 10.0. The summed E-state index contributed by atoms with van der Waals surface area (Å²) >= 11 is 3.08. The number of carbonyl (C=O) groups is 1. The molecule has 3 aromatic heterocycles. The molecule has 13 heteroatoms. The molecular weight excluding hydrogens is 522 g/mol. The predicted octanol–water partition coefficient (Wildman–Crippen LogP) is 3.31. The van der Waals surface area contributed by atoms with Gasteiger partial charge in [0, 0.05) is 29.1 Å². The quantitative estimate of drug-likeness (QED) is 0.404. The number of aromatic nitrogens is 3. The van der Waals surface area contributed by atoms with Crippen molar-refractivity contribution in [1.82, 2.24) is 15.0 Å². The second-order valence-corrected chi connectivity index (χ2v) is 12.8. The molecule has 192 valence electrons. The van der Waals surface area contributed by atoms with E-state index in [9.17, 15) is 13.2 Å². The lowest BCUT2D eigenvalue weighted by Crippen LogP contribution is -2.22. The number of thiophene rings is 1. The van der Waals surface area contributed by atoms with Gasteiger partial charge in [-0.05, 0) is 45.1 Å². The van der Waals surface area contributed by atoms with Gasteiger partial charge in [-0.1, -0.05) is 0 Å². The molecule has 3 atom stereocenters. The molecule has 0 bridgehead atoms. The van der Waals surface area contributed by atoms with Crippen LogP contribution in [0.25, 0.3) is 0 Å². The molecule has 4 heterocycles. The maximum Gasteiger partial charge on any atom is 0.333 e. The normalized spacial score (nSPS) is 21.9. The number of hydrogen-bond donors (Lipinski definition) is 2. The van der Waals surface area contributed by atoms with Gasteiger partial charge < -0.3 is 10.1 Å². The van der Waals surface area contributed by atoms with E-state index in [1.165, 1.54) is 23.9 Å². The first-order chi connectivity index (χ1) is 17.2. The lowest BCUT2D eigenvalue weighted by molar-refractivity contribution is 0.0716. The zero-order valence-corrected chi connectivity index (χ0v) is 22.3. The Morgan fingerprint density at radius 2 is 2.14 bits per heavy atom. The molecule has 0 amide bonds. The van der Waals surface area contributed by atoms with Gasteiger partial charge in [0.05, 0.1) is 39.2 Å². The molecule has 1 aliphatic heterocycles. The zero-order chi connectivity index (χ0) is 25.4. The Labute approximate surface area is 217 Å². The van der Waals surface area contributed by atoms with Crippen molar-refractivity contribution in [1.29, 1.82) is 0 Å². The average Bonchev–Trinajstić information content (AvgIpc) is 3.54. The summed E-state index contributed by atoms with van der Waals surface area (Å²) in [5, 5.41) is 9.30. The van der Waals surface area contributed by atoms with E-state index >= 15 is 0 Å². The van der Waals surface area contributed by atoms with Crippen molar-refractivity contribution in [3.63, 3.8) is 0 Å². The molecule has 1 aliphatic carbocycles. The molecule has 5 rings (SSSR count). The Kier molecular flexibility index (Phi) is 7.21. The van der Waals surface area contributed by atoms with Crippen molar-refractivity contribution in [3.8, 4) is 0 Å². The highest BCUT2D eigenvalue weighted by molar-refractivity contribution is 7.84. The van der Waals surface area contributed by atoms with Crippen LogP contribution in [0.4, 0.5) is 5.82 Å². The predicted molar refractivity (Wildman–Crippen MR) is 137 cm³/mol. The Balaban J connectivity index is 1.33. The van der Waals surface area contributed by atoms with Gasteiger partial charge in [-0.25, -0.2) is 20.1 Å². The molecule has 10 nitrogen and oxygen atoms in total. The topological polar surface area (TPSA) is 146 Å². The summed E-state index contributed by atoms with van der Waals surface area (Å²) in [4.78, 5) is 29.4. The monoisotopic (exact) mass is 549 g/mol. The third kappa shape index (κ3) is 5.50. The van der Waals surface area contributed by atoms with Crippen LogP contribution in [-0.2, 0) is 25.6 Å². The number of anilines is 1. The first-order valence-electron chi connectivity index (χ1n) is 11.6. The third-order valence-corrected chi connectivity index (χ3v) is 9.05. The number of nitrogens with one attached hydrogen (secondary N) is 1. The first kappa shape index (κ1) is 25.4. The fraction of sp³-hybridized carbons (Fsp3) is 0.478. The number of thiazole rings is 1. The highest BCUT2D eigenvalue weighted by atomic mass is 32.2. The summed E-state index contributed by atoms with van der Waals surface area (Å²) in [6, 6.07) is 1.95. The van der Waals surface area contributed by atoms with E-state index < -0.39 is 10.3 Å². The summed E-state index contributed by atoms with van der Waals surface area (Å²) in [6.45, 7) is 4.66. The maximum absolute atomic E-state index is 13.6. The number of ether oxygens (including phenoxy) is 1. The second-order valence-electron chi connectivity index (χ2n) is 9.08. The standard InChI is InChI=1S/C23H27N5O5S3/c1-12-16(21-22-18(5-6-32-21)27-13(2)35-22)8-19(34-12)20(29)17-9-25-11-26-23(17)28-15-4-3-14(7-15)10-33-36(24,30)31/h8-9,11,14-15,21H,3-7,10H2,1-2H3,(H2,24,30,31)(H,25,26,28)/t14-,15?,21?/m1/s1. The molecule has 2 unspecified atom stereocenters. The highest BCUT2D eigenvalue weighted by Gasteiger charge is 2.31. The van der Waals surface area contributed by atoms with Crippen molar-refractivity contribution in [3.05, 3.63) is 55.1 Å². The SMILES string of the molecule is Cc1nc2c(s1)C(c1cc(C(=O)c3cncnc3NC3CC[C@@H](COS(N)(=O)=O)C3)sc1C)OCC2. The van der Waals surface area contributed by atoms with Crippen molar-refractivity contribution >= 4 is 44.6 Å². The number of aryl methyl sites for hydroxylation is 2. The number of rotatable bonds is 8. The molecule has 0 saturated heterocycles. The van der Waals surface area contributed by atoms with Crippen LogP contribution >= 0.6 is 22.7 Å². The van der Waals surface area contributed by atoms with Crippen LogP contribution in [0.1, 0.15) is 66.6 Å². The minimum Gasteiger partial charge on any atom is -0.367 e. The lowest BCUT2D eigenvalue weighted by Gasteiger charge is -2.22. The third-order valence-electron chi connectivity index (χ3n) is 6.47. The second kappa shape index (κ2) is 10.2. The van der Waals surface area contributed by atoms with E-state index in [2.05, 4.69) is 20.3 Å². The van der Waals surface area contributed by atoms with Crippen molar-refractivity contribution in [2.75, 3.05) is 18.5 Å². The minimum absolute atomic E-state index is 0.0322. The van der Waals surface area contributed by atoms with Crippen molar-refractivity contribution in [2.45, 2.75) is 51.7 Å². The van der Waals surface area contributed by atoms with E-state index in [1.54, 1.807) is 11.3 Å². The van der Waals surface area contributed by atoms with Crippen LogP contribution in [0.5, 0.6) is 0 Å². The zero-order valence-electron chi connectivity index (χ0n) is 19.9. The number of hydrogen-bond acceptors (Lipinski definition) is 11. The Morgan fingerprint density at radius 1 is 1.31 bits per heavy atom. The van der Waals surface area contributed by atoms with Crippen LogP contribution in [0, 0.1) is 19.8 Å². The van der Waals surface area contributed by atoms with E-state index in [0.29, 0.717) is 29.3 Å². The molecule has 36 heavy (non-hydrogen) atoms. The first-order valence-corrected chi connectivity index (χ1v) is 14.7. The summed E-state index contributed by atoms with van der Waals surface area (Å²) in [5.41, 5.74) is 2.47. The Morgan fingerprint density at radius 3 is 2.94 bits per heavy atom. The minimum atomic E-state index is -3.96. The van der Waals surface area contributed by atoms with Crippen molar-refractivity contribution in [2.24, 2.45) is 11.1 Å². The molecule has 1 fully saturated rings. The molecule has 0 aromatic carbocycles. The van der Waals surface area contributed by atoms with Gasteiger partial charge in [-0.3, -0.25) is 8.98 Å². The molecular formula is C23H27N5O5S3. The summed E-state index contributed by atoms with van der Waals surface area (Å²) in [5.74, 6) is 0.371. The number of nitrogens with zero attached hydrogens (tertiary/aromatic N) is 3. The maximum atomic E-state index is 13.6. The Bertz CT molecular complexity index is 1390. The van der Waals surface area contributed by atoms with Crippen LogP contribution < -0.4 is 10.5 Å². The van der Waals surface area contributed by atoms with Crippen molar-refractivity contribution < 1.29 is 22.1 Å². The number of nitrogens with two attached hydrogens (primary N) is 1. The van der Waals surface area contributed by atoms with Gasteiger partial charge in [-0.2, -0.15) is 8.42 Å². The smallest absolute Gasteiger partial charge is 0.333 e. The van der Waals surface area contributed by atoms with Gasteiger partial charge in [0.15, 0.2) is 0 Å². The van der Waals surface area contributed by atoms with Gasteiger partial charge in [0.1, 0.15) is 18.2 Å². The van der Waals surface area contributed by atoms with Crippen LogP contribution in [-0.4, -0.2) is 48.4 Å².